The Morgan fingerprint density at radius 1 is 0.886 bits per heavy atom. The van der Waals surface area contributed by atoms with E-state index in [1.54, 1.807) is 24.3 Å². The van der Waals surface area contributed by atoms with Gasteiger partial charge in [-0.2, -0.15) is 0 Å². The number of amides is 2. The summed E-state index contributed by atoms with van der Waals surface area (Å²) in [6.45, 7) is 0. The van der Waals surface area contributed by atoms with E-state index in [-0.39, 0.29) is 18.2 Å². The summed E-state index contributed by atoms with van der Waals surface area (Å²) in [5.74, 6) is -0.834. The molecular formula is C27H19Cl2N3O2S. The molecule has 2 amide bonds. The molecule has 0 atom stereocenters. The van der Waals surface area contributed by atoms with Crippen LogP contribution < -0.4 is 10.6 Å². The van der Waals surface area contributed by atoms with Gasteiger partial charge < -0.3 is 10.6 Å². The van der Waals surface area contributed by atoms with Gasteiger partial charge in [0.05, 0.1) is 29.4 Å². The summed E-state index contributed by atoms with van der Waals surface area (Å²) in [6, 6.07) is 21.8. The van der Waals surface area contributed by atoms with E-state index in [0.717, 1.165) is 28.1 Å². The molecule has 1 aliphatic heterocycles. The van der Waals surface area contributed by atoms with Crippen LogP contribution in [0.4, 0.5) is 17.1 Å². The fourth-order valence-corrected chi connectivity index (χ4v) is 4.88. The molecule has 0 spiro atoms. The topological polar surface area (TPSA) is 70.6 Å². The van der Waals surface area contributed by atoms with Crippen molar-refractivity contribution < 1.29 is 9.59 Å². The lowest BCUT2D eigenvalue weighted by Crippen LogP contribution is -2.22. The maximum Gasteiger partial charge on any atom is 0.236 e. The van der Waals surface area contributed by atoms with Gasteiger partial charge in [0.2, 0.25) is 11.8 Å². The van der Waals surface area contributed by atoms with Gasteiger partial charge in [0.15, 0.2) is 0 Å². The number of aliphatic imine (C=N–C) groups is 1. The molecule has 3 aromatic carbocycles. The van der Waals surface area contributed by atoms with Crippen molar-refractivity contribution in [1.82, 2.24) is 0 Å². The molecule has 0 radical (unpaired) electrons. The molecule has 174 valence electrons. The number of carbonyl (C=O) groups excluding carboxylic acids is 2. The van der Waals surface area contributed by atoms with Crippen LogP contribution in [0.15, 0.2) is 88.5 Å². The van der Waals surface area contributed by atoms with Crippen molar-refractivity contribution in [3.63, 3.8) is 0 Å². The quantitative estimate of drug-likeness (QED) is 0.290. The Balaban J connectivity index is 1.39. The van der Waals surface area contributed by atoms with Gasteiger partial charge in [0.25, 0.3) is 0 Å². The van der Waals surface area contributed by atoms with E-state index < -0.39 is 5.92 Å². The summed E-state index contributed by atoms with van der Waals surface area (Å²) in [5.41, 5.74) is 5.26. The van der Waals surface area contributed by atoms with E-state index >= 15 is 0 Å². The van der Waals surface area contributed by atoms with E-state index in [1.807, 2.05) is 59.3 Å². The highest BCUT2D eigenvalue weighted by Gasteiger charge is 2.23. The zero-order valence-electron chi connectivity index (χ0n) is 18.3. The van der Waals surface area contributed by atoms with E-state index in [4.69, 9.17) is 23.2 Å². The molecule has 5 nitrogen and oxygen atoms in total. The molecule has 2 N–H and O–H groups in total. The number of thiophene rings is 1. The monoisotopic (exact) mass is 519 g/mol. The van der Waals surface area contributed by atoms with Crippen LogP contribution in [0, 0.1) is 0 Å². The van der Waals surface area contributed by atoms with Gasteiger partial charge in [0, 0.05) is 26.5 Å². The third-order valence-corrected chi connectivity index (χ3v) is 6.89. The molecule has 0 fully saturated rings. The van der Waals surface area contributed by atoms with E-state index in [0.29, 0.717) is 21.4 Å². The number of fused-ring (bicyclic) bond motifs is 1. The average Bonchev–Trinajstić information content (AvgIpc) is 3.21. The molecule has 0 unspecified atom stereocenters. The van der Waals surface area contributed by atoms with Gasteiger partial charge in [0.1, 0.15) is 0 Å². The van der Waals surface area contributed by atoms with Crippen LogP contribution in [-0.4, -0.2) is 17.5 Å². The van der Waals surface area contributed by atoms with E-state index in [2.05, 4.69) is 15.6 Å². The molecule has 0 bridgehead atoms. The van der Waals surface area contributed by atoms with Gasteiger partial charge in [-0.1, -0.05) is 59.6 Å². The van der Waals surface area contributed by atoms with Crippen LogP contribution in [-0.2, 0) is 9.59 Å². The first kappa shape index (κ1) is 23.3. The number of nitrogens with one attached hydrogen (secondary N) is 2. The van der Waals surface area contributed by atoms with Gasteiger partial charge in [-0.15, -0.1) is 11.3 Å². The average molecular weight is 520 g/mol. The molecule has 1 aromatic heterocycles. The summed E-state index contributed by atoms with van der Waals surface area (Å²) in [5, 5.41) is 10.9. The van der Waals surface area contributed by atoms with Crippen molar-refractivity contribution in [3.8, 4) is 0 Å². The summed E-state index contributed by atoms with van der Waals surface area (Å²) in [6.07, 6.45) is 0.181. The Kier molecular flexibility index (Phi) is 6.68. The second-order valence-electron chi connectivity index (χ2n) is 8.06. The van der Waals surface area contributed by atoms with Gasteiger partial charge in [-0.05, 0) is 53.1 Å². The molecule has 5 rings (SSSR count). The second kappa shape index (κ2) is 10.0. The number of anilines is 2. The van der Waals surface area contributed by atoms with Crippen molar-refractivity contribution in [2.45, 2.75) is 12.3 Å². The first-order chi connectivity index (χ1) is 17.0. The number of carbonyl (C=O) groups is 2. The molecule has 0 aliphatic carbocycles. The first-order valence-electron chi connectivity index (χ1n) is 10.8. The maximum atomic E-state index is 13.4. The summed E-state index contributed by atoms with van der Waals surface area (Å²) in [4.78, 5) is 30.3. The predicted molar refractivity (Wildman–Crippen MR) is 144 cm³/mol. The third-order valence-electron chi connectivity index (χ3n) is 5.65. The molecular weight excluding hydrogens is 501 g/mol. The minimum atomic E-state index is -0.545. The van der Waals surface area contributed by atoms with Crippen molar-refractivity contribution in [2.75, 3.05) is 10.6 Å². The minimum Gasteiger partial charge on any atom is -0.325 e. The fraction of sp³-hybridized carbons (Fsp3) is 0.0741. The Bertz CT molecular complexity index is 1370. The predicted octanol–water partition coefficient (Wildman–Crippen LogP) is 7.29. The van der Waals surface area contributed by atoms with Crippen LogP contribution in [0.1, 0.15) is 29.0 Å². The molecule has 1 aliphatic rings. The maximum absolute atomic E-state index is 13.4. The van der Waals surface area contributed by atoms with Crippen LogP contribution in [0.3, 0.4) is 0 Å². The van der Waals surface area contributed by atoms with Gasteiger partial charge in [-0.3, -0.25) is 9.59 Å². The zero-order valence-corrected chi connectivity index (χ0v) is 20.6. The lowest BCUT2D eigenvalue weighted by atomic mass is 9.90. The second-order valence-corrected chi connectivity index (χ2v) is 9.67. The summed E-state index contributed by atoms with van der Waals surface area (Å²) < 4.78 is 0. The molecule has 2 heterocycles. The highest BCUT2D eigenvalue weighted by molar-refractivity contribution is 7.09. The number of hydrogen-bond donors (Lipinski definition) is 2. The van der Waals surface area contributed by atoms with Crippen molar-refractivity contribution in [1.29, 1.82) is 0 Å². The minimum absolute atomic E-state index is 0.105. The Labute approximate surface area is 216 Å². The standard InChI is InChI=1S/C27H19Cl2N3O2S/c28-19-7-1-17(2-8-19)26(18-3-9-20(29)10-4-18)27(34)30-21-11-5-16(6-12-21)22-13-25(33)32-24-15-35-14-23(24)31-22/h1-12,14-15,26H,13H2,(H,30,34)(H,32,33). The molecule has 8 heteroatoms. The van der Waals surface area contributed by atoms with Crippen LogP contribution in [0.5, 0.6) is 0 Å². The van der Waals surface area contributed by atoms with Crippen molar-refractivity contribution in [2.24, 2.45) is 4.99 Å². The lowest BCUT2D eigenvalue weighted by molar-refractivity contribution is -0.117. The SMILES string of the molecule is O=C1CC(c2ccc(NC(=O)C(c3ccc(Cl)cc3)c3ccc(Cl)cc3)cc2)=Nc2cscc2N1. The van der Waals surface area contributed by atoms with E-state index in [9.17, 15) is 9.59 Å². The highest BCUT2D eigenvalue weighted by Crippen LogP contribution is 2.33. The van der Waals surface area contributed by atoms with Crippen molar-refractivity contribution >= 4 is 69.1 Å². The van der Waals surface area contributed by atoms with E-state index in [1.165, 1.54) is 11.3 Å². The number of halogens is 2. The number of rotatable bonds is 5. The number of hydrogen-bond acceptors (Lipinski definition) is 4. The number of benzene rings is 3. The zero-order chi connectivity index (χ0) is 24.4. The van der Waals surface area contributed by atoms with Crippen molar-refractivity contribution in [3.05, 3.63) is 110 Å². The fourth-order valence-electron chi connectivity index (χ4n) is 3.93. The molecule has 35 heavy (non-hydrogen) atoms. The largest absolute Gasteiger partial charge is 0.325 e. The Morgan fingerprint density at radius 3 is 2.09 bits per heavy atom. The van der Waals surface area contributed by atoms with Gasteiger partial charge in [-0.25, -0.2) is 4.99 Å². The molecule has 0 saturated carbocycles. The Morgan fingerprint density at radius 2 is 1.49 bits per heavy atom. The summed E-state index contributed by atoms with van der Waals surface area (Å²) >= 11 is 13.6. The number of nitrogens with zero attached hydrogens (tertiary/aromatic N) is 1. The lowest BCUT2D eigenvalue weighted by Gasteiger charge is -2.18. The van der Waals surface area contributed by atoms with Crippen LogP contribution in [0.25, 0.3) is 0 Å². The highest BCUT2D eigenvalue weighted by atomic mass is 35.5. The first-order valence-corrected chi connectivity index (χ1v) is 12.5. The smallest absolute Gasteiger partial charge is 0.236 e. The van der Waals surface area contributed by atoms with Crippen LogP contribution >= 0.6 is 34.5 Å². The molecule has 4 aromatic rings. The van der Waals surface area contributed by atoms with Crippen LogP contribution in [0.2, 0.25) is 10.0 Å². The summed E-state index contributed by atoms with van der Waals surface area (Å²) in [7, 11) is 0. The molecule has 0 saturated heterocycles. The Hall–Kier alpha value is -3.45. The normalized spacial score (nSPS) is 13.0. The van der Waals surface area contributed by atoms with Gasteiger partial charge >= 0.3 is 0 Å². The third kappa shape index (κ3) is 5.30.